The van der Waals surface area contributed by atoms with Crippen LogP contribution in [0.1, 0.15) is 11.4 Å². The van der Waals surface area contributed by atoms with Gasteiger partial charge in [-0.15, -0.1) is 10.2 Å². The number of nitrogen functional groups attached to an aromatic ring is 1. The molecule has 0 bridgehead atoms. The second kappa shape index (κ2) is 4.53. The number of halogens is 1. The van der Waals surface area contributed by atoms with Gasteiger partial charge >= 0.3 is 0 Å². The summed E-state index contributed by atoms with van der Waals surface area (Å²) in [4.78, 5) is 0. The predicted molar refractivity (Wildman–Crippen MR) is 64.3 cm³/mol. The van der Waals surface area contributed by atoms with Gasteiger partial charge in [0.15, 0.2) is 0 Å². The number of rotatable bonds is 3. The predicted octanol–water partition coefficient (Wildman–Crippen LogP) is 1.84. The number of hydrogen-bond donors (Lipinski definition) is 1. The molecule has 84 valence electrons. The van der Waals surface area contributed by atoms with Crippen molar-refractivity contribution in [1.82, 2.24) is 14.8 Å². The number of aromatic nitrogens is 3. The molecule has 0 aliphatic heterocycles. The minimum Gasteiger partial charge on any atom is -0.368 e. The van der Waals surface area contributed by atoms with E-state index in [0.29, 0.717) is 5.95 Å². The highest BCUT2D eigenvalue weighted by Gasteiger charge is 2.05. The van der Waals surface area contributed by atoms with Crippen LogP contribution in [-0.2, 0) is 19.9 Å². The fourth-order valence-electron chi connectivity index (χ4n) is 1.50. The number of anilines is 1. The smallest absolute Gasteiger partial charge is 0.221 e. The standard InChI is InChI=1S/C11H13ClN4/c1-16-10(14-15-11(16)13)7-4-8-2-5-9(12)6-3-8/h2-3,5-6H,4,7H2,1H3,(H2,13,15). The first-order chi connectivity index (χ1) is 7.66. The maximum atomic E-state index is 5.81. The van der Waals surface area contributed by atoms with E-state index in [1.54, 1.807) is 4.57 Å². The fraction of sp³-hybridized carbons (Fsp3) is 0.273. The Hall–Kier alpha value is -1.55. The zero-order chi connectivity index (χ0) is 11.5. The molecule has 0 saturated heterocycles. The molecule has 2 aromatic rings. The van der Waals surface area contributed by atoms with Crippen LogP contribution in [0, 0.1) is 0 Å². The van der Waals surface area contributed by atoms with Crippen molar-refractivity contribution in [3.05, 3.63) is 40.7 Å². The molecule has 1 heterocycles. The molecule has 0 fully saturated rings. The van der Waals surface area contributed by atoms with Gasteiger partial charge in [-0.25, -0.2) is 0 Å². The molecule has 0 spiro atoms. The van der Waals surface area contributed by atoms with Gasteiger partial charge < -0.3 is 10.3 Å². The zero-order valence-corrected chi connectivity index (χ0v) is 9.78. The number of aryl methyl sites for hydroxylation is 2. The van der Waals surface area contributed by atoms with E-state index in [-0.39, 0.29) is 0 Å². The van der Waals surface area contributed by atoms with Crippen LogP contribution in [0.4, 0.5) is 5.95 Å². The van der Waals surface area contributed by atoms with E-state index in [9.17, 15) is 0 Å². The van der Waals surface area contributed by atoms with Crippen LogP contribution in [0.25, 0.3) is 0 Å². The molecule has 0 radical (unpaired) electrons. The molecule has 1 aromatic heterocycles. The summed E-state index contributed by atoms with van der Waals surface area (Å²) in [6, 6.07) is 7.81. The summed E-state index contributed by atoms with van der Waals surface area (Å²) in [5.74, 6) is 1.35. The van der Waals surface area contributed by atoms with E-state index in [1.165, 1.54) is 5.56 Å². The average Bonchev–Trinajstić information content (AvgIpc) is 2.60. The Labute approximate surface area is 99.1 Å². The Bertz CT molecular complexity index is 475. The lowest BCUT2D eigenvalue weighted by Gasteiger charge is -2.02. The third-order valence-electron chi connectivity index (χ3n) is 2.55. The molecule has 0 saturated carbocycles. The van der Waals surface area contributed by atoms with Crippen LogP contribution < -0.4 is 5.73 Å². The van der Waals surface area contributed by atoms with Crippen LogP contribution >= 0.6 is 11.6 Å². The van der Waals surface area contributed by atoms with Gasteiger partial charge in [-0.2, -0.15) is 0 Å². The van der Waals surface area contributed by atoms with Gasteiger partial charge in [-0.3, -0.25) is 0 Å². The van der Waals surface area contributed by atoms with E-state index in [0.717, 1.165) is 23.7 Å². The van der Waals surface area contributed by atoms with E-state index >= 15 is 0 Å². The van der Waals surface area contributed by atoms with E-state index in [4.69, 9.17) is 17.3 Å². The summed E-state index contributed by atoms with van der Waals surface area (Å²) in [6.45, 7) is 0. The quantitative estimate of drug-likeness (QED) is 0.885. The summed E-state index contributed by atoms with van der Waals surface area (Å²) in [5.41, 5.74) is 6.83. The summed E-state index contributed by atoms with van der Waals surface area (Å²) in [7, 11) is 1.87. The van der Waals surface area contributed by atoms with Crippen LogP contribution in [0.3, 0.4) is 0 Å². The van der Waals surface area contributed by atoms with Gasteiger partial charge in [0.1, 0.15) is 5.82 Å². The van der Waals surface area contributed by atoms with Crippen LogP contribution in [0.15, 0.2) is 24.3 Å². The van der Waals surface area contributed by atoms with E-state index < -0.39 is 0 Å². The molecule has 0 unspecified atom stereocenters. The molecule has 5 heteroatoms. The summed E-state index contributed by atoms with van der Waals surface area (Å²) < 4.78 is 1.80. The van der Waals surface area contributed by atoms with Gasteiger partial charge in [0.25, 0.3) is 0 Å². The molecule has 2 rings (SSSR count). The molecule has 16 heavy (non-hydrogen) atoms. The van der Waals surface area contributed by atoms with Gasteiger partial charge in [-0.05, 0) is 24.1 Å². The van der Waals surface area contributed by atoms with E-state index in [2.05, 4.69) is 10.2 Å². The van der Waals surface area contributed by atoms with Gasteiger partial charge in [-0.1, -0.05) is 23.7 Å². The summed E-state index contributed by atoms with van der Waals surface area (Å²) >= 11 is 5.81. The Balaban J connectivity index is 2.02. The van der Waals surface area contributed by atoms with Crippen molar-refractivity contribution >= 4 is 17.5 Å². The molecule has 4 nitrogen and oxygen atoms in total. The molecular weight excluding hydrogens is 224 g/mol. The average molecular weight is 237 g/mol. The van der Waals surface area contributed by atoms with Gasteiger partial charge in [0.2, 0.25) is 5.95 Å². The van der Waals surface area contributed by atoms with Crippen LogP contribution in [-0.4, -0.2) is 14.8 Å². The lowest BCUT2D eigenvalue weighted by Crippen LogP contribution is -2.03. The number of nitrogens with two attached hydrogens (primary N) is 1. The third kappa shape index (κ3) is 2.33. The van der Waals surface area contributed by atoms with Crippen LogP contribution in [0.2, 0.25) is 5.02 Å². The molecule has 0 amide bonds. The molecule has 0 atom stereocenters. The van der Waals surface area contributed by atoms with Crippen molar-refractivity contribution in [2.45, 2.75) is 12.8 Å². The van der Waals surface area contributed by atoms with Crippen LogP contribution in [0.5, 0.6) is 0 Å². The van der Waals surface area contributed by atoms with E-state index in [1.807, 2.05) is 31.3 Å². The normalized spacial score (nSPS) is 10.6. The first-order valence-corrected chi connectivity index (χ1v) is 5.43. The second-order valence-electron chi connectivity index (χ2n) is 3.66. The maximum absolute atomic E-state index is 5.81. The summed E-state index contributed by atoms with van der Waals surface area (Å²) in [5, 5.41) is 8.58. The number of hydrogen-bond acceptors (Lipinski definition) is 3. The SMILES string of the molecule is Cn1c(N)nnc1CCc1ccc(Cl)cc1. The van der Waals surface area contributed by atoms with Crippen molar-refractivity contribution < 1.29 is 0 Å². The number of benzene rings is 1. The Kier molecular flexibility index (Phi) is 3.10. The van der Waals surface area contributed by atoms with Crippen molar-refractivity contribution in [3.8, 4) is 0 Å². The highest BCUT2D eigenvalue weighted by Crippen LogP contribution is 2.11. The largest absolute Gasteiger partial charge is 0.368 e. The third-order valence-corrected chi connectivity index (χ3v) is 2.80. The fourth-order valence-corrected chi connectivity index (χ4v) is 1.63. The molecular formula is C11H13ClN4. The van der Waals surface area contributed by atoms with Crippen molar-refractivity contribution in [2.75, 3.05) is 5.73 Å². The topological polar surface area (TPSA) is 56.7 Å². The molecule has 0 aliphatic rings. The minimum absolute atomic E-state index is 0.450. The highest BCUT2D eigenvalue weighted by atomic mass is 35.5. The lowest BCUT2D eigenvalue weighted by molar-refractivity contribution is 0.774. The maximum Gasteiger partial charge on any atom is 0.221 e. The van der Waals surface area contributed by atoms with Crippen molar-refractivity contribution in [2.24, 2.45) is 7.05 Å². The summed E-state index contributed by atoms with van der Waals surface area (Å²) in [6.07, 6.45) is 1.73. The zero-order valence-electron chi connectivity index (χ0n) is 9.02. The molecule has 1 aromatic carbocycles. The van der Waals surface area contributed by atoms with Crippen molar-refractivity contribution in [3.63, 3.8) is 0 Å². The Morgan fingerprint density at radius 1 is 1.19 bits per heavy atom. The number of nitrogens with zero attached hydrogens (tertiary/aromatic N) is 3. The Morgan fingerprint density at radius 2 is 1.88 bits per heavy atom. The minimum atomic E-state index is 0.450. The first kappa shape index (κ1) is 11.0. The highest BCUT2D eigenvalue weighted by molar-refractivity contribution is 6.30. The Morgan fingerprint density at radius 3 is 2.44 bits per heavy atom. The van der Waals surface area contributed by atoms with Gasteiger partial charge in [0.05, 0.1) is 0 Å². The molecule has 2 N–H and O–H groups in total. The van der Waals surface area contributed by atoms with Gasteiger partial charge in [0, 0.05) is 18.5 Å². The molecule has 0 aliphatic carbocycles. The lowest BCUT2D eigenvalue weighted by atomic mass is 10.1. The first-order valence-electron chi connectivity index (χ1n) is 5.05. The monoisotopic (exact) mass is 236 g/mol. The van der Waals surface area contributed by atoms with Crippen molar-refractivity contribution in [1.29, 1.82) is 0 Å². The second-order valence-corrected chi connectivity index (χ2v) is 4.10.